The van der Waals surface area contributed by atoms with Crippen molar-refractivity contribution in [2.75, 3.05) is 18.0 Å². The van der Waals surface area contributed by atoms with Crippen LogP contribution in [0.25, 0.3) is 0 Å². The summed E-state index contributed by atoms with van der Waals surface area (Å²) in [6, 6.07) is 8.61. The van der Waals surface area contributed by atoms with Crippen LogP contribution >= 0.6 is 0 Å². The minimum absolute atomic E-state index is 0.153. The number of hydrogen-bond acceptors (Lipinski definition) is 5. The fourth-order valence-corrected chi connectivity index (χ4v) is 3.73. The summed E-state index contributed by atoms with van der Waals surface area (Å²) in [5, 5.41) is 0. The molecule has 3 rings (SSSR count). The highest BCUT2D eigenvalue weighted by atomic mass is 32.2. The summed E-state index contributed by atoms with van der Waals surface area (Å²) in [4.78, 5) is 11.4. The lowest BCUT2D eigenvalue weighted by atomic mass is 10.2. The molecule has 0 radical (unpaired) electrons. The van der Waals surface area contributed by atoms with E-state index in [9.17, 15) is 8.42 Å². The van der Waals surface area contributed by atoms with Crippen LogP contribution in [0.5, 0.6) is 0 Å². The number of aromatic nitrogens is 2. The van der Waals surface area contributed by atoms with Gasteiger partial charge in [0.05, 0.1) is 17.1 Å². The van der Waals surface area contributed by atoms with Crippen molar-refractivity contribution in [2.45, 2.75) is 38.1 Å². The zero-order valence-electron chi connectivity index (χ0n) is 14.0. The van der Waals surface area contributed by atoms with Crippen molar-refractivity contribution in [3.63, 3.8) is 0 Å². The Kier molecular flexibility index (Phi) is 4.82. The highest BCUT2D eigenvalue weighted by Gasteiger charge is 2.17. The third-order valence-corrected chi connectivity index (χ3v) is 5.48. The third-order valence-electron chi connectivity index (χ3n) is 4.06. The number of benzene rings is 1. The van der Waals surface area contributed by atoms with Gasteiger partial charge in [0.15, 0.2) is 0 Å². The van der Waals surface area contributed by atoms with E-state index in [0.29, 0.717) is 11.6 Å². The molecule has 1 aromatic heterocycles. The summed E-state index contributed by atoms with van der Waals surface area (Å²) < 4.78 is 27.4. The fraction of sp³-hybridized carbons (Fsp3) is 0.412. The maximum atomic E-state index is 12.4. The van der Waals surface area contributed by atoms with Crippen molar-refractivity contribution in [3.8, 4) is 0 Å². The molecule has 2 aromatic rings. The number of nitrogens with zero attached hydrogens (tertiary/aromatic N) is 3. The van der Waals surface area contributed by atoms with Crippen LogP contribution in [-0.4, -0.2) is 31.5 Å². The molecule has 1 aromatic carbocycles. The Hall–Kier alpha value is -1.99. The van der Waals surface area contributed by atoms with Crippen LogP contribution in [0.15, 0.2) is 35.2 Å². The van der Waals surface area contributed by atoms with Crippen molar-refractivity contribution >= 4 is 16.0 Å². The molecule has 0 aliphatic carbocycles. The van der Waals surface area contributed by atoms with Crippen molar-refractivity contribution in [1.29, 1.82) is 0 Å². The summed E-state index contributed by atoms with van der Waals surface area (Å²) in [6.07, 6.45) is 2.29. The van der Waals surface area contributed by atoms with Crippen LogP contribution in [0.1, 0.15) is 29.8 Å². The molecule has 2 heterocycles. The van der Waals surface area contributed by atoms with E-state index in [-0.39, 0.29) is 11.4 Å². The molecule has 1 saturated heterocycles. The molecule has 0 spiro atoms. The lowest BCUT2D eigenvalue weighted by Crippen LogP contribution is -2.25. The molecule has 0 bridgehead atoms. The second-order valence-corrected chi connectivity index (χ2v) is 7.90. The lowest BCUT2D eigenvalue weighted by Gasteiger charge is -2.16. The standard InChI is InChI=1S/C17H22N4O2S/c1-13-5-7-16(8-6-13)24(22,23)18-12-15-11-14(2)19-17(20-15)21-9-3-4-10-21/h5-8,11,18H,3-4,9-10,12H2,1-2H3. The zero-order chi connectivity index (χ0) is 17.2. The quantitative estimate of drug-likeness (QED) is 0.898. The Labute approximate surface area is 143 Å². The minimum atomic E-state index is -3.54. The Balaban J connectivity index is 1.75. The molecule has 0 amide bonds. The predicted octanol–water partition coefficient (Wildman–Crippen LogP) is 2.17. The van der Waals surface area contributed by atoms with Crippen molar-refractivity contribution in [3.05, 3.63) is 47.3 Å². The minimum Gasteiger partial charge on any atom is -0.341 e. The van der Waals surface area contributed by atoms with E-state index in [0.717, 1.165) is 37.2 Å². The van der Waals surface area contributed by atoms with Gasteiger partial charge in [-0.3, -0.25) is 0 Å². The molecule has 24 heavy (non-hydrogen) atoms. The molecular formula is C17H22N4O2S. The second-order valence-electron chi connectivity index (χ2n) is 6.13. The maximum absolute atomic E-state index is 12.4. The molecule has 128 valence electrons. The molecule has 6 nitrogen and oxygen atoms in total. The Bertz CT molecular complexity index is 813. The number of rotatable bonds is 5. The van der Waals surface area contributed by atoms with Gasteiger partial charge in [0.25, 0.3) is 0 Å². The van der Waals surface area contributed by atoms with Gasteiger partial charge >= 0.3 is 0 Å². The smallest absolute Gasteiger partial charge is 0.240 e. The van der Waals surface area contributed by atoms with Crippen molar-refractivity contribution in [2.24, 2.45) is 0 Å². The van der Waals surface area contributed by atoms with Gasteiger partial charge in [0.1, 0.15) is 0 Å². The van der Waals surface area contributed by atoms with Gasteiger partial charge in [-0.05, 0) is 44.9 Å². The van der Waals surface area contributed by atoms with Gasteiger partial charge < -0.3 is 4.90 Å². The fourth-order valence-electron chi connectivity index (χ4n) is 2.74. The van der Waals surface area contributed by atoms with E-state index in [1.165, 1.54) is 0 Å². The number of hydrogen-bond donors (Lipinski definition) is 1. The summed E-state index contributed by atoms with van der Waals surface area (Å²) >= 11 is 0. The van der Waals surface area contributed by atoms with Crippen LogP contribution in [-0.2, 0) is 16.6 Å². The molecule has 1 aliphatic heterocycles. The first kappa shape index (κ1) is 16.9. The largest absolute Gasteiger partial charge is 0.341 e. The SMILES string of the molecule is Cc1ccc(S(=O)(=O)NCc2cc(C)nc(N3CCCC3)n2)cc1. The molecule has 1 N–H and O–H groups in total. The first-order valence-corrected chi connectivity index (χ1v) is 9.58. The van der Waals surface area contributed by atoms with E-state index >= 15 is 0 Å². The summed E-state index contributed by atoms with van der Waals surface area (Å²) in [5.41, 5.74) is 2.55. The molecule has 0 saturated carbocycles. The van der Waals surface area contributed by atoms with Gasteiger partial charge in [0.2, 0.25) is 16.0 Å². The normalized spacial score (nSPS) is 15.0. The number of nitrogens with one attached hydrogen (secondary N) is 1. The first-order valence-electron chi connectivity index (χ1n) is 8.10. The number of aryl methyl sites for hydroxylation is 2. The van der Waals surface area contributed by atoms with Crippen LogP contribution in [0, 0.1) is 13.8 Å². The van der Waals surface area contributed by atoms with Crippen LogP contribution in [0.4, 0.5) is 5.95 Å². The highest BCUT2D eigenvalue weighted by Crippen LogP contribution is 2.17. The number of anilines is 1. The Morgan fingerprint density at radius 1 is 1.08 bits per heavy atom. The first-order chi connectivity index (χ1) is 11.4. The summed E-state index contributed by atoms with van der Waals surface area (Å²) in [6.45, 7) is 5.89. The third kappa shape index (κ3) is 3.91. The molecular weight excluding hydrogens is 324 g/mol. The highest BCUT2D eigenvalue weighted by molar-refractivity contribution is 7.89. The predicted molar refractivity (Wildman–Crippen MR) is 93.4 cm³/mol. The Morgan fingerprint density at radius 2 is 1.75 bits per heavy atom. The Morgan fingerprint density at radius 3 is 2.42 bits per heavy atom. The average molecular weight is 346 g/mol. The molecule has 1 fully saturated rings. The van der Waals surface area contributed by atoms with E-state index < -0.39 is 10.0 Å². The average Bonchev–Trinajstić information content (AvgIpc) is 3.07. The maximum Gasteiger partial charge on any atom is 0.240 e. The van der Waals surface area contributed by atoms with E-state index in [1.807, 2.05) is 19.9 Å². The van der Waals surface area contributed by atoms with E-state index in [2.05, 4.69) is 19.6 Å². The van der Waals surface area contributed by atoms with Crippen LogP contribution in [0.2, 0.25) is 0 Å². The van der Waals surface area contributed by atoms with E-state index in [1.54, 1.807) is 24.3 Å². The molecule has 0 unspecified atom stereocenters. The van der Waals surface area contributed by atoms with Crippen molar-refractivity contribution in [1.82, 2.24) is 14.7 Å². The summed E-state index contributed by atoms with van der Waals surface area (Å²) in [5.74, 6) is 0.692. The zero-order valence-corrected chi connectivity index (χ0v) is 14.8. The molecule has 0 atom stereocenters. The van der Waals surface area contributed by atoms with Gasteiger partial charge in [-0.1, -0.05) is 17.7 Å². The van der Waals surface area contributed by atoms with Gasteiger partial charge in [-0.25, -0.2) is 23.1 Å². The van der Waals surface area contributed by atoms with Crippen LogP contribution < -0.4 is 9.62 Å². The molecule has 1 aliphatic rings. The molecule has 7 heteroatoms. The van der Waals surface area contributed by atoms with Gasteiger partial charge in [-0.15, -0.1) is 0 Å². The van der Waals surface area contributed by atoms with Gasteiger partial charge in [-0.2, -0.15) is 0 Å². The van der Waals surface area contributed by atoms with Crippen LogP contribution in [0.3, 0.4) is 0 Å². The van der Waals surface area contributed by atoms with E-state index in [4.69, 9.17) is 0 Å². The summed E-state index contributed by atoms with van der Waals surface area (Å²) in [7, 11) is -3.54. The second kappa shape index (κ2) is 6.86. The number of sulfonamides is 1. The van der Waals surface area contributed by atoms with Crippen molar-refractivity contribution < 1.29 is 8.42 Å². The van der Waals surface area contributed by atoms with Gasteiger partial charge in [0, 0.05) is 18.8 Å². The topological polar surface area (TPSA) is 75.2 Å². The lowest BCUT2D eigenvalue weighted by molar-refractivity contribution is 0.580. The monoisotopic (exact) mass is 346 g/mol.